The molecule has 0 spiro atoms. The van der Waals surface area contributed by atoms with Crippen LogP contribution in [0, 0.1) is 6.92 Å². The topological polar surface area (TPSA) is 57.5 Å². The van der Waals surface area contributed by atoms with Crippen LogP contribution in [0.1, 0.15) is 44.2 Å². The molecule has 1 aromatic rings. The Kier molecular flexibility index (Phi) is 4.16. The fourth-order valence-electron chi connectivity index (χ4n) is 1.90. The van der Waals surface area contributed by atoms with E-state index in [1.165, 1.54) is 0 Å². The van der Waals surface area contributed by atoms with Crippen LogP contribution >= 0.6 is 0 Å². The number of aryl methyl sites for hydroxylation is 1. The predicted molar refractivity (Wildman–Crippen MR) is 67.4 cm³/mol. The molecule has 0 fully saturated rings. The molecule has 2 N–H and O–H groups in total. The Hall–Kier alpha value is -1.51. The van der Waals surface area contributed by atoms with Crippen LogP contribution in [0.15, 0.2) is 18.2 Å². The van der Waals surface area contributed by atoms with Crippen molar-refractivity contribution in [2.75, 3.05) is 0 Å². The van der Waals surface area contributed by atoms with Crippen molar-refractivity contribution in [2.45, 2.75) is 45.4 Å². The maximum Gasteiger partial charge on any atom is 0.313 e. The lowest BCUT2D eigenvalue weighted by atomic mass is 9.78. The Morgan fingerprint density at radius 2 is 2.06 bits per heavy atom. The Morgan fingerprint density at radius 3 is 2.53 bits per heavy atom. The summed E-state index contributed by atoms with van der Waals surface area (Å²) in [6.45, 7) is 5.57. The summed E-state index contributed by atoms with van der Waals surface area (Å²) in [6.07, 6.45) is 2.46. The van der Waals surface area contributed by atoms with Crippen molar-refractivity contribution in [2.24, 2.45) is 0 Å². The van der Waals surface area contributed by atoms with Gasteiger partial charge in [0.15, 0.2) is 0 Å². The van der Waals surface area contributed by atoms with Gasteiger partial charge in [-0.2, -0.15) is 0 Å². The summed E-state index contributed by atoms with van der Waals surface area (Å²) in [4.78, 5) is 11.5. The average Bonchev–Trinajstić information content (AvgIpc) is 2.29. The molecule has 3 heteroatoms. The summed E-state index contributed by atoms with van der Waals surface area (Å²) in [5, 5.41) is 18.9. The van der Waals surface area contributed by atoms with E-state index in [0.29, 0.717) is 12.0 Å². The van der Waals surface area contributed by atoms with Gasteiger partial charge in [0.2, 0.25) is 0 Å². The van der Waals surface area contributed by atoms with Crippen LogP contribution < -0.4 is 0 Å². The van der Waals surface area contributed by atoms with Crippen LogP contribution in [0.2, 0.25) is 0 Å². The molecule has 0 radical (unpaired) electrons. The number of carboxylic acids is 1. The van der Waals surface area contributed by atoms with Crippen molar-refractivity contribution in [3.63, 3.8) is 0 Å². The van der Waals surface area contributed by atoms with E-state index >= 15 is 0 Å². The van der Waals surface area contributed by atoms with Gasteiger partial charge in [-0.1, -0.05) is 31.9 Å². The summed E-state index contributed by atoms with van der Waals surface area (Å²) in [6, 6.07) is 5.03. The van der Waals surface area contributed by atoms with Gasteiger partial charge in [0, 0.05) is 0 Å². The Morgan fingerprint density at radius 1 is 1.41 bits per heavy atom. The second-order valence-corrected chi connectivity index (χ2v) is 4.74. The fraction of sp³-hybridized carbons (Fsp3) is 0.500. The fourth-order valence-corrected chi connectivity index (χ4v) is 1.90. The van der Waals surface area contributed by atoms with Crippen LogP contribution in [0.5, 0.6) is 5.75 Å². The lowest BCUT2D eigenvalue weighted by molar-refractivity contribution is -0.143. The number of hydrogen-bond acceptors (Lipinski definition) is 2. The van der Waals surface area contributed by atoms with E-state index in [4.69, 9.17) is 0 Å². The summed E-state index contributed by atoms with van der Waals surface area (Å²) in [5.74, 6) is -0.604. The number of phenols is 1. The van der Waals surface area contributed by atoms with Crippen molar-refractivity contribution >= 4 is 5.97 Å². The van der Waals surface area contributed by atoms with Crippen molar-refractivity contribution < 1.29 is 15.0 Å². The smallest absolute Gasteiger partial charge is 0.313 e. The number of hydrogen-bond donors (Lipinski definition) is 2. The highest BCUT2D eigenvalue weighted by atomic mass is 16.4. The predicted octanol–water partition coefficient (Wildman–Crippen LogP) is 3.23. The van der Waals surface area contributed by atoms with Crippen LogP contribution in [0.3, 0.4) is 0 Å². The van der Waals surface area contributed by atoms with Crippen molar-refractivity contribution in [1.82, 2.24) is 0 Å². The molecule has 0 saturated heterocycles. The monoisotopic (exact) mass is 236 g/mol. The lowest BCUT2D eigenvalue weighted by Gasteiger charge is -2.25. The van der Waals surface area contributed by atoms with Gasteiger partial charge in [0.25, 0.3) is 0 Å². The molecular weight excluding hydrogens is 216 g/mol. The number of carboxylic acid groups (broad SMARTS) is 1. The summed E-state index contributed by atoms with van der Waals surface area (Å²) in [7, 11) is 0. The summed E-state index contributed by atoms with van der Waals surface area (Å²) < 4.78 is 0. The first kappa shape index (κ1) is 13.6. The molecule has 0 aliphatic carbocycles. The molecule has 0 bridgehead atoms. The van der Waals surface area contributed by atoms with E-state index in [2.05, 4.69) is 0 Å². The van der Waals surface area contributed by atoms with Crippen LogP contribution in [-0.2, 0) is 10.2 Å². The number of aliphatic carboxylic acids is 1. The second kappa shape index (κ2) is 5.21. The average molecular weight is 236 g/mol. The molecule has 1 aromatic carbocycles. The van der Waals surface area contributed by atoms with Crippen LogP contribution in [0.4, 0.5) is 0 Å². The number of unbranched alkanes of at least 4 members (excludes halogenated alkanes) is 1. The zero-order valence-electron chi connectivity index (χ0n) is 10.7. The van der Waals surface area contributed by atoms with Gasteiger partial charge in [0.1, 0.15) is 5.75 Å². The number of aromatic hydroxyl groups is 1. The van der Waals surface area contributed by atoms with E-state index < -0.39 is 11.4 Å². The van der Waals surface area contributed by atoms with Crippen LogP contribution in [-0.4, -0.2) is 16.2 Å². The Bertz CT molecular complexity index is 412. The lowest BCUT2D eigenvalue weighted by Crippen LogP contribution is -2.32. The van der Waals surface area contributed by atoms with Gasteiger partial charge in [-0.15, -0.1) is 0 Å². The molecule has 3 nitrogen and oxygen atoms in total. The van der Waals surface area contributed by atoms with Crippen molar-refractivity contribution in [3.8, 4) is 5.75 Å². The third kappa shape index (κ3) is 2.78. The second-order valence-electron chi connectivity index (χ2n) is 4.74. The number of carbonyl (C=O) groups is 1. The first-order chi connectivity index (χ1) is 7.91. The zero-order valence-corrected chi connectivity index (χ0v) is 10.7. The quantitative estimate of drug-likeness (QED) is 0.825. The van der Waals surface area contributed by atoms with Gasteiger partial charge in [0.05, 0.1) is 5.41 Å². The highest BCUT2D eigenvalue weighted by molar-refractivity contribution is 5.81. The summed E-state index contributed by atoms with van der Waals surface area (Å²) in [5.41, 5.74) is 0.606. The van der Waals surface area contributed by atoms with Gasteiger partial charge >= 0.3 is 5.97 Å². The first-order valence-corrected chi connectivity index (χ1v) is 5.95. The van der Waals surface area contributed by atoms with Crippen molar-refractivity contribution in [3.05, 3.63) is 29.3 Å². The molecule has 0 saturated carbocycles. The third-order valence-electron chi connectivity index (χ3n) is 3.34. The molecule has 0 aromatic heterocycles. The molecule has 1 atom stereocenters. The Balaban J connectivity index is 3.13. The molecule has 0 amide bonds. The minimum Gasteiger partial charge on any atom is -0.508 e. The number of benzene rings is 1. The molecule has 0 aliphatic heterocycles. The first-order valence-electron chi connectivity index (χ1n) is 5.95. The Labute approximate surface area is 102 Å². The van der Waals surface area contributed by atoms with E-state index in [1.807, 2.05) is 6.92 Å². The van der Waals surface area contributed by atoms with E-state index in [-0.39, 0.29) is 5.75 Å². The van der Waals surface area contributed by atoms with Crippen LogP contribution in [0.25, 0.3) is 0 Å². The van der Waals surface area contributed by atoms with E-state index in [0.717, 1.165) is 18.4 Å². The largest absolute Gasteiger partial charge is 0.508 e. The SMILES string of the molecule is CCCCC(C)(C(=O)O)c1ccc(O)c(C)c1. The maximum absolute atomic E-state index is 11.5. The summed E-state index contributed by atoms with van der Waals surface area (Å²) >= 11 is 0. The molecule has 1 rings (SSSR count). The molecular formula is C14H20O3. The highest BCUT2D eigenvalue weighted by Gasteiger charge is 2.34. The zero-order chi connectivity index (χ0) is 13.1. The van der Waals surface area contributed by atoms with Crippen molar-refractivity contribution in [1.29, 1.82) is 0 Å². The van der Waals surface area contributed by atoms with E-state index in [9.17, 15) is 15.0 Å². The maximum atomic E-state index is 11.5. The minimum absolute atomic E-state index is 0.206. The van der Waals surface area contributed by atoms with Gasteiger partial charge in [-0.3, -0.25) is 4.79 Å². The molecule has 1 unspecified atom stereocenters. The molecule has 17 heavy (non-hydrogen) atoms. The van der Waals surface area contributed by atoms with Gasteiger partial charge in [-0.25, -0.2) is 0 Å². The number of rotatable bonds is 5. The number of phenolic OH excluding ortho intramolecular Hbond substituents is 1. The third-order valence-corrected chi connectivity index (χ3v) is 3.34. The van der Waals surface area contributed by atoms with Gasteiger partial charge in [-0.05, 0) is 37.5 Å². The van der Waals surface area contributed by atoms with Gasteiger partial charge < -0.3 is 10.2 Å². The highest BCUT2D eigenvalue weighted by Crippen LogP contribution is 2.32. The minimum atomic E-state index is -0.867. The molecule has 0 aliphatic rings. The molecule has 94 valence electrons. The molecule has 0 heterocycles. The van der Waals surface area contributed by atoms with E-state index in [1.54, 1.807) is 32.0 Å². The standard InChI is InChI=1S/C14H20O3/c1-4-5-8-14(3,13(16)17)11-6-7-12(15)10(2)9-11/h6-7,9,15H,4-5,8H2,1-3H3,(H,16,17). The normalized spacial score (nSPS) is 14.3.